The van der Waals surface area contributed by atoms with Crippen LogP contribution in [0.2, 0.25) is 0 Å². The van der Waals surface area contributed by atoms with Crippen molar-refractivity contribution in [1.82, 2.24) is 0 Å². The molecular weight excluding hydrogens is 236 g/mol. The molecule has 0 saturated heterocycles. The SMILES string of the molecule is COc1ccc(/C=C/C2CCCC2(C#N)C#N)cc1. The number of benzene rings is 1. The fourth-order valence-corrected chi connectivity index (χ4v) is 2.54. The summed E-state index contributed by atoms with van der Waals surface area (Å²) in [5.41, 5.74) is 0.223. The highest BCUT2D eigenvalue weighted by atomic mass is 16.5. The molecule has 0 radical (unpaired) electrons. The van der Waals surface area contributed by atoms with Gasteiger partial charge in [-0.1, -0.05) is 30.7 Å². The van der Waals surface area contributed by atoms with E-state index in [0.29, 0.717) is 6.42 Å². The number of hydrogen-bond acceptors (Lipinski definition) is 3. The Kier molecular flexibility index (Phi) is 3.88. The van der Waals surface area contributed by atoms with Crippen LogP contribution < -0.4 is 4.74 Å². The molecule has 2 rings (SSSR count). The van der Waals surface area contributed by atoms with Gasteiger partial charge < -0.3 is 4.74 Å². The van der Waals surface area contributed by atoms with Gasteiger partial charge in [0.1, 0.15) is 11.2 Å². The van der Waals surface area contributed by atoms with Gasteiger partial charge in [0, 0.05) is 5.92 Å². The van der Waals surface area contributed by atoms with Gasteiger partial charge in [0.25, 0.3) is 0 Å². The highest BCUT2D eigenvalue weighted by Crippen LogP contribution is 2.43. The van der Waals surface area contributed by atoms with Gasteiger partial charge in [-0.25, -0.2) is 0 Å². The molecule has 1 aliphatic rings. The van der Waals surface area contributed by atoms with Crippen LogP contribution in [0.15, 0.2) is 30.3 Å². The van der Waals surface area contributed by atoms with Crippen molar-refractivity contribution in [3.63, 3.8) is 0 Å². The van der Waals surface area contributed by atoms with Crippen molar-refractivity contribution in [1.29, 1.82) is 10.5 Å². The second-order valence-electron chi connectivity index (χ2n) is 4.83. The summed E-state index contributed by atoms with van der Waals surface area (Å²) < 4.78 is 5.10. The summed E-state index contributed by atoms with van der Waals surface area (Å²) in [5, 5.41) is 18.5. The van der Waals surface area contributed by atoms with Crippen LogP contribution in [0.3, 0.4) is 0 Å². The third-order valence-electron chi connectivity index (χ3n) is 3.76. The maximum absolute atomic E-state index is 9.23. The molecule has 1 fully saturated rings. The molecule has 19 heavy (non-hydrogen) atoms. The normalized spacial score (nSPS) is 20.9. The molecule has 1 saturated carbocycles. The summed E-state index contributed by atoms with van der Waals surface area (Å²) >= 11 is 0. The van der Waals surface area contributed by atoms with Gasteiger partial charge in [-0.3, -0.25) is 0 Å². The number of hydrogen-bond donors (Lipinski definition) is 0. The van der Waals surface area contributed by atoms with E-state index in [1.54, 1.807) is 7.11 Å². The molecule has 1 unspecified atom stereocenters. The Hall–Kier alpha value is -2.26. The predicted octanol–water partition coefficient (Wildman–Crippen LogP) is 3.54. The summed E-state index contributed by atoms with van der Waals surface area (Å²) in [6.07, 6.45) is 6.52. The standard InChI is InChI=1S/C16H16N2O/c1-19-15-8-5-13(6-9-15)4-7-14-3-2-10-16(14,11-17)12-18/h4-9,14H,2-3,10H2,1H3/b7-4+. The fraction of sp³-hybridized carbons (Fsp3) is 0.375. The molecule has 0 heterocycles. The number of ether oxygens (including phenoxy) is 1. The average molecular weight is 252 g/mol. The van der Waals surface area contributed by atoms with Gasteiger partial charge in [-0.05, 0) is 30.5 Å². The predicted molar refractivity (Wildman–Crippen MR) is 73.0 cm³/mol. The monoisotopic (exact) mass is 252 g/mol. The van der Waals surface area contributed by atoms with E-state index in [9.17, 15) is 10.5 Å². The smallest absolute Gasteiger partial charge is 0.150 e. The molecular formula is C16H16N2O. The Bertz CT molecular complexity index is 532. The highest BCUT2D eigenvalue weighted by Gasteiger charge is 2.42. The van der Waals surface area contributed by atoms with Crippen molar-refractivity contribution in [2.45, 2.75) is 19.3 Å². The summed E-state index contributed by atoms with van der Waals surface area (Å²) in [7, 11) is 1.64. The minimum atomic E-state index is -0.830. The van der Waals surface area contributed by atoms with Crippen LogP contribution in [-0.4, -0.2) is 7.11 Å². The molecule has 1 aromatic carbocycles. The Labute approximate surface area is 113 Å². The first-order chi connectivity index (χ1) is 9.24. The molecule has 0 aliphatic heterocycles. The number of nitriles is 2. The second-order valence-corrected chi connectivity index (χ2v) is 4.83. The van der Waals surface area contributed by atoms with Crippen LogP contribution in [0.5, 0.6) is 5.75 Å². The van der Waals surface area contributed by atoms with Crippen molar-refractivity contribution >= 4 is 6.08 Å². The van der Waals surface area contributed by atoms with Crippen molar-refractivity contribution < 1.29 is 4.74 Å². The van der Waals surface area contributed by atoms with Gasteiger partial charge in [-0.15, -0.1) is 0 Å². The van der Waals surface area contributed by atoms with Gasteiger partial charge in [0.05, 0.1) is 19.2 Å². The maximum atomic E-state index is 9.23. The minimum absolute atomic E-state index is 0.0320. The van der Waals surface area contributed by atoms with Crippen LogP contribution in [0.25, 0.3) is 6.08 Å². The van der Waals surface area contributed by atoms with Crippen LogP contribution in [0.4, 0.5) is 0 Å². The van der Waals surface area contributed by atoms with Crippen LogP contribution >= 0.6 is 0 Å². The molecule has 96 valence electrons. The van der Waals surface area contributed by atoms with Gasteiger partial charge in [-0.2, -0.15) is 10.5 Å². The summed E-state index contributed by atoms with van der Waals surface area (Å²) in [6.45, 7) is 0. The van der Waals surface area contributed by atoms with E-state index in [2.05, 4.69) is 12.1 Å². The third kappa shape index (κ3) is 2.61. The molecule has 1 aliphatic carbocycles. The molecule has 1 atom stereocenters. The van der Waals surface area contributed by atoms with Crippen molar-refractivity contribution in [3.05, 3.63) is 35.9 Å². The zero-order chi connectivity index (χ0) is 13.7. The first-order valence-corrected chi connectivity index (χ1v) is 6.39. The lowest BCUT2D eigenvalue weighted by molar-refractivity contribution is 0.415. The van der Waals surface area contributed by atoms with E-state index in [0.717, 1.165) is 24.2 Å². The van der Waals surface area contributed by atoms with E-state index in [-0.39, 0.29) is 5.92 Å². The number of nitrogens with zero attached hydrogens (tertiary/aromatic N) is 2. The molecule has 0 spiro atoms. The number of rotatable bonds is 3. The van der Waals surface area contributed by atoms with Gasteiger partial charge in [0.2, 0.25) is 0 Å². The number of allylic oxidation sites excluding steroid dienone is 1. The Morgan fingerprint density at radius 2 is 1.95 bits per heavy atom. The Morgan fingerprint density at radius 3 is 2.53 bits per heavy atom. The van der Waals surface area contributed by atoms with Crippen LogP contribution in [-0.2, 0) is 0 Å². The topological polar surface area (TPSA) is 56.8 Å². The second kappa shape index (κ2) is 5.59. The van der Waals surface area contributed by atoms with E-state index >= 15 is 0 Å². The minimum Gasteiger partial charge on any atom is -0.497 e. The van der Waals surface area contributed by atoms with Crippen molar-refractivity contribution in [2.24, 2.45) is 11.3 Å². The lowest BCUT2D eigenvalue weighted by Gasteiger charge is -2.17. The molecule has 0 amide bonds. The first kappa shape index (κ1) is 13.2. The first-order valence-electron chi connectivity index (χ1n) is 6.39. The van der Waals surface area contributed by atoms with E-state index < -0.39 is 5.41 Å². The Morgan fingerprint density at radius 1 is 1.26 bits per heavy atom. The zero-order valence-corrected chi connectivity index (χ0v) is 11.0. The molecule has 3 nitrogen and oxygen atoms in total. The average Bonchev–Trinajstić information content (AvgIpc) is 2.89. The summed E-state index contributed by atoms with van der Waals surface area (Å²) in [6, 6.07) is 12.1. The van der Waals surface area contributed by atoms with E-state index in [1.807, 2.05) is 36.4 Å². The molecule has 3 heteroatoms. The third-order valence-corrected chi connectivity index (χ3v) is 3.76. The molecule has 1 aromatic rings. The van der Waals surface area contributed by atoms with Crippen molar-refractivity contribution in [3.8, 4) is 17.9 Å². The molecule has 0 bridgehead atoms. The van der Waals surface area contributed by atoms with E-state index in [4.69, 9.17) is 4.74 Å². The largest absolute Gasteiger partial charge is 0.497 e. The summed E-state index contributed by atoms with van der Waals surface area (Å²) in [5.74, 6) is 0.853. The zero-order valence-electron chi connectivity index (χ0n) is 11.0. The van der Waals surface area contributed by atoms with Gasteiger partial charge >= 0.3 is 0 Å². The van der Waals surface area contributed by atoms with Crippen LogP contribution in [0.1, 0.15) is 24.8 Å². The summed E-state index contributed by atoms with van der Waals surface area (Å²) in [4.78, 5) is 0. The number of methoxy groups -OCH3 is 1. The lowest BCUT2D eigenvalue weighted by Crippen LogP contribution is -2.19. The Balaban J connectivity index is 2.14. The fourth-order valence-electron chi connectivity index (χ4n) is 2.54. The molecule has 0 aromatic heterocycles. The molecule has 0 N–H and O–H groups in total. The quantitative estimate of drug-likeness (QED) is 0.826. The van der Waals surface area contributed by atoms with E-state index in [1.165, 1.54) is 0 Å². The van der Waals surface area contributed by atoms with Crippen molar-refractivity contribution in [2.75, 3.05) is 7.11 Å². The van der Waals surface area contributed by atoms with Crippen LogP contribution in [0, 0.1) is 34.0 Å². The maximum Gasteiger partial charge on any atom is 0.150 e. The van der Waals surface area contributed by atoms with Gasteiger partial charge in [0.15, 0.2) is 0 Å². The lowest BCUT2D eigenvalue weighted by atomic mass is 9.80. The highest BCUT2D eigenvalue weighted by molar-refractivity contribution is 5.51.